The summed E-state index contributed by atoms with van der Waals surface area (Å²) in [6, 6.07) is 25.6. The number of halogens is 4. The van der Waals surface area contributed by atoms with E-state index in [9.17, 15) is 0 Å². The molecule has 4 aromatic rings. The zero-order valence-corrected chi connectivity index (χ0v) is 18.4. The van der Waals surface area contributed by atoms with Crippen molar-refractivity contribution in [2.45, 2.75) is 0 Å². The Morgan fingerprint density at radius 2 is 1.23 bits per heavy atom. The Balaban J connectivity index is 1.64. The lowest BCUT2D eigenvalue weighted by atomic mass is 10.0. The molecule has 0 aliphatic rings. The number of ether oxygens (including phenoxy) is 2. The van der Waals surface area contributed by atoms with Crippen LogP contribution in [0.4, 0.5) is 0 Å². The molecule has 150 valence electrons. The highest BCUT2D eigenvalue weighted by Gasteiger charge is 2.10. The first kappa shape index (κ1) is 20.9. The fourth-order valence-corrected chi connectivity index (χ4v) is 3.71. The first-order valence-corrected chi connectivity index (χ1v) is 10.5. The summed E-state index contributed by atoms with van der Waals surface area (Å²) in [5, 5.41) is 1.92. The van der Waals surface area contributed by atoms with E-state index in [0.717, 1.165) is 11.1 Å². The molecule has 0 radical (unpaired) electrons. The molecule has 0 amide bonds. The van der Waals surface area contributed by atoms with Crippen molar-refractivity contribution in [3.8, 4) is 34.1 Å². The Kier molecular flexibility index (Phi) is 6.40. The van der Waals surface area contributed by atoms with Crippen LogP contribution in [0.5, 0.6) is 23.0 Å². The van der Waals surface area contributed by atoms with Crippen LogP contribution in [0.2, 0.25) is 20.1 Å². The predicted molar refractivity (Wildman–Crippen MR) is 125 cm³/mol. The molecule has 0 aliphatic carbocycles. The van der Waals surface area contributed by atoms with Crippen LogP contribution in [0.25, 0.3) is 11.1 Å². The van der Waals surface area contributed by atoms with Gasteiger partial charge in [0.15, 0.2) is 0 Å². The first-order valence-electron chi connectivity index (χ1n) is 8.94. The quantitative estimate of drug-likeness (QED) is 0.286. The average Bonchev–Trinajstić information content (AvgIpc) is 2.71. The summed E-state index contributed by atoms with van der Waals surface area (Å²) in [4.78, 5) is 0. The van der Waals surface area contributed by atoms with Crippen molar-refractivity contribution in [2.75, 3.05) is 0 Å². The van der Waals surface area contributed by atoms with E-state index < -0.39 is 0 Å². The summed E-state index contributed by atoms with van der Waals surface area (Å²) >= 11 is 24.2. The highest BCUT2D eigenvalue weighted by atomic mass is 35.5. The lowest BCUT2D eigenvalue weighted by molar-refractivity contribution is 0.481. The van der Waals surface area contributed by atoms with Crippen LogP contribution in [-0.2, 0) is 0 Å². The SMILES string of the molecule is Clc1cc(Cl)cc(Oc2cccc(-c3ccccc3Oc3ccc(Cl)c(Cl)c3)c2)c1. The van der Waals surface area contributed by atoms with Crippen molar-refractivity contribution in [2.24, 2.45) is 0 Å². The van der Waals surface area contributed by atoms with Crippen molar-refractivity contribution in [1.82, 2.24) is 0 Å². The molecular weight excluding hydrogens is 462 g/mol. The molecule has 6 heteroatoms. The van der Waals surface area contributed by atoms with Crippen molar-refractivity contribution in [1.29, 1.82) is 0 Å². The number of para-hydroxylation sites is 1. The van der Waals surface area contributed by atoms with Gasteiger partial charge in [0.25, 0.3) is 0 Å². The molecule has 0 saturated heterocycles. The van der Waals surface area contributed by atoms with Crippen LogP contribution < -0.4 is 9.47 Å². The predicted octanol–water partition coefficient (Wildman–Crippen LogP) is 9.55. The van der Waals surface area contributed by atoms with Gasteiger partial charge in [-0.1, -0.05) is 76.7 Å². The van der Waals surface area contributed by atoms with Gasteiger partial charge >= 0.3 is 0 Å². The van der Waals surface area contributed by atoms with Gasteiger partial charge in [-0.15, -0.1) is 0 Å². The third kappa shape index (κ3) is 5.03. The monoisotopic (exact) mass is 474 g/mol. The van der Waals surface area contributed by atoms with Gasteiger partial charge < -0.3 is 9.47 Å². The normalized spacial score (nSPS) is 10.7. The van der Waals surface area contributed by atoms with Crippen LogP contribution in [0.3, 0.4) is 0 Å². The zero-order valence-electron chi connectivity index (χ0n) is 15.4. The van der Waals surface area contributed by atoms with E-state index in [4.69, 9.17) is 55.9 Å². The van der Waals surface area contributed by atoms with Gasteiger partial charge in [-0.2, -0.15) is 0 Å². The van der Waals surface area contributed by atoms with Gasteiger partial charge in [0, 0.05) is 21.7 Å². The fraction of sp³-hybridized carbons (Fsp3) is 0. The number of rotatable bonds is 5. The summed E-state index contributed by atoms with van der Waals surface area (Å²) in [7, 11) is 0. The second kappa shape index (κ2) is 9.20. The summed E-state index contributed by atoms with van der Waals surface area (Å²) in [5.74, 6) is 2.48. The minimum atomic E-state index is 0.433. The van der Waals surface area contributed by atoms with Gasteiger partial charge in [0.05, 0.1) is 10.0 Å². The Bertz CT molecular complexity index is 1190. The minimum Gasteiger partial charge on any atom is -0.457 e. The minimum absolute atomic E-state index is 0.433. The molecule has 4 aromatic carbocycles. The molecule has 0 unspecified atom stereocenters. The average molecular weight is 476 g/mol. The molecule has 0 heterocycles. The van der Waals surface area contributed by atoms with Crippen molar-refractivity contribution in [3.63, 3.8) is 0 Å². The van der Waals surface area contributed by atoms with E-state index >= 15 is 0 Å². The van der Waals surface area contributed by atoms with Crippen molar-refractivity contribution < 1.29 is 9.47 Å². The summed E-state index contributed by atoms with van der Waals surface area (Å²) in [5.41, 5.74) is 1.83. The van der Waals surface area contributed by atoms with Gasteiger partial charge in [-0.3, -0.25) is 0 Å². The summed E-state index contributed by atoms with van der Waals surface area (Å²) in [6.45, 7) is 0. The lowest BCUT2D eigenvalue weighted by Gasteiger charge is -2.13. The number of hydrogen-bond acceptors (Lipinski definition) is 2. The van der Waals surface area contributed by atoms with Gasteiger partial charge in [0.1, 0.15) is 23.0 Å². The standard InChI is InChI=1S/C24H14Cl4O2/c25-16-11-17(26)13-20(12-16)29-18-5-3-4-15(10-18)21-6-1-2-7-24(21)30-19-8-9-22(27)23(28)14-19/h1-14H. The second-order valence-electron chi connectivity index (χ2n) is 6.41. The third-order valence-electron chi connectivity index (χ3n) is 4.22. The van der Waals surface area contributed by atoms with Crippen LogP contribution in [-0.4, -0.2) is 0 Å². The molecular formula is C24H14Cl4O2. The Labute approximate surface area is 194 Å². The summed E-state index contributed by atoms with van der Waals surface area (Å²) in [6.07, 6.45) is 0. The van der Waals surface area contributed by atoms with E-state index in [0.29, 0.717) is 43.1 Å². The maximum absolute atomic E-state index is 6.11. The summed E-state index contributed by atoms with van der Waals surface area (Å²) < 4.78 is 12.0. The molecule has 0 N–H and O–H groups in total. The zero-order chi connectivity index (χ0) is 21.1. The molecule has 30 heavy (non-hydrogen) atoms. The van der Waals surface area contributed by atoms with Crippen LogP contribution in [0, 0.1) is 0 Å². The molecule has 0 atom stereocenters. The molecule has 0 aromatic heterocycles. The Hall–Kier alpha value is -2.36. The van der Waals surface area contributed by atoms with E-state index in [2.05, 4.69) is 0 Å². The molecule has 2 nitrogen and oxygen atoms in total. The lowest BCUT2D eigenvalue weighted by Crippen LogP contribution is -1.90. The molecule has 0 bridgehead atoms. The Morgan fingerprint density at radius 1 is 0.500 bits per heavy atom. The highest BCUT2D eigenvalue weighted by Crippen LogP contribution is 2.37. The molecule has 0 fully saturated rings. The number of hydrogen-bond donors (Lipinski definition) is 0. The largest absolute Gasteiger partial charge is 0.457 e. The molecule has 0 saturated carbocycles. The van der Waals surface area contributed by atoms with E-state index in [1.807, 2.05) is 48.5 Å². The maximum atomic E-state index is 6.11. The van der Waals surface area contributed by atoms with Gasteiger partial charge in [-0.25, -0.2) is 0 Å². The Morgan fingerprint density at radius 3 is 2.00 bits per heavy atom. The van der Waals surface area contributed by atoms with Crippen LogP contribution >= 0.6 is 46.4 Å². The van der Waals surface area contributed by atoms with E-state index in [1.54, 1.807) is 36.4 Å². The second-order valence-corrected chi connectivity index (χ2v) is 8.10. The molecule has 0 aliphatic heterocycles. The fourth-order valence-electron chi connectivity index (χ4n) is 2.91. The van der Waals surface area contributed by atoms with Crippen LogP contribution in [0.15, 0.2) is 84.9 Å². The third-order valence-corrected chi connectivity index (χ3v) is 5.40. The molecule has 0 spiro atoms. The van der Waals surface area contributed by atoms with Crippen LogP contribution in [0.1, 0.15) is 0 Å². The first-order chi connectivity index (χ1) is 14.5. The van der Waals surface area contributed by atoms with Gasteiger partial charge in [0.2, 0.25) is 0 Å². The molecule has 4 rings (SSSR count). The maximum Gasteiger partial charge on any atom is 0.135 e. The van der Waals surface area contributed by atoms with Gasteiger partial charge in [-0.05, 0) is 54.1 Å². The van der Waals surface area contributed by atoms with E-state index in [-0.39, 0.29) is 0 Å². The number of benzene rings is 4. The highest BCUT2D eigenvalue weighted by molar-refractivity contribution is 6.42. The van der Waals surface area contributed by atoms with Crippen molar-refractivity contribution in [3.05, 3.63) is 105 Å². The van der Waals surface area contributed by atoms with E-state index in [1.165, 1.54) is 0 Å². The smallest absolute Gasteiger partial charge is 0.135 e. The topological polar surface area (TPSA) is 18.5 Å². The van der Waals surface area contributed by atoms with Crippen molar-refractivity contribution >= 4 is 46.4 Å².